The van der Waals surface area contributed by atoms with Crippen LogP contribution in [0.15, 0.2) is 12.2 Å². The Bertz CT molecular complexity index is 199. The molecule has 0 aromatic heterocycles. The monoisotopic (exact) mass is 198 g/mol. The average molecular weight is 198 g/mol. The number of carbonyl (C=O) groups is 1. The molecular formula is C11H18O3. The van der Waals surface area contributed by atoms with Gasteiger partial charge in [0.05, 0.1) is 19.8 Å². The molecule has 1 aliphatic rings. The summed E-state index contributed by atoms with van der Waals surface area (Å²) in [6, 6.07) is 0. The lowest BCUT2D eigenvalue weighted by Gasteiger charge is -2.07. The van der Waals surface area contributed by atoms with Crippen LogP contribution in [0.3, 0.4) is 0 Å². The van der Waals surface area contributed by atoms with Gasteiger partial charge < -0.3 is 9.47 Å². The normalized spacial score (nSPS) is 19.9. The van der Waals surface area contributed by atoms with Crippen LogP contribution in [0.2, 0.25) is 0 Å². The van der Waals surface area contributed by atoms with Gasteiger partial charge in [-0.1, -0.05) is 25.0 Å². The smallest absolute Gasteiger partial charge is 0.305 e. The summed E-state index contributed by atoms with van der Waals surface area (Å²) in [5.74, 6) is -0.109. The Hall–Kier alpha value is -0.830. The van der Waals surface area contributed by atoms with Gasteiger partial charge in [0, 0.05) is 6.42 Å². The molecule has 0 bridgehead atoms. The zero-order chi connectivity index (χ0) is 10.2. The molecule has 0 fully saturated rings. The molecule has 0 aliphatic carbocycles. The molecule has 1 aliphatic heterocycles. The fourth-order valence-electron chi connectivity index (χ4n) is 1.52. The van der Waals surface area contributed by atoms with Gasteiger partial charge in [0.1, 0.15) is 0 Å². The first-order chi connectivity index (χ1) is 6.83. The van der Waals surface area contributed by atoms with E-state index < -0.39 is 0 Å². The molecule has 1 atom stereocenters. The first-order valence-corrected chi connectivity index (χ1v) is 5.18. The van der Waals surface area contributed by atoms with E-state index in [-0.39, 0.29) is 5.97 Å². The van der Waals surface area contributed by atoms with E-state index in [4.69, 9.17) is 4.74 Å². The number of carbonyl (C=O) groups excluding carboxylic acids is 1. The molecule has 3 heteroatoms. The molecule has 0 radical (unpaired) electrons. The summed E-state index contributed by atoms with van der Waals surface area (Å²) in [6.07, 6.45) is 9.19. The van der Waals surface area contributed by atoms with Gasteiger partial charge in [-0.2, -0.15) is 0 Å². The summed E-state index contributed by atoms with van der Waals surface area (Å²) in [7, 11) is 1.43. The summed E-state index contributed by atoms with van der Waals surface area (Å²) < 4.78 is 9.95. The quantitative estimate of drug-likeness (QED) is 0.372. The topological polar surface area (TPSA) is 35.5 Å². The van der Waals surface area contributed by atoms with Crippen LogP contribution in [-0.4, -0.2) is 25.8 Å². The summed E-state index contributed by atoms with van der Waals surface area (Å²) in [5, 5.41) is 0. The first kappa shape index (κ1) is 11.2. The van der Waals surface area contributed by atoms with Gasteiger partial charge >= 0.3 is 5.97 Å². The fraction of sp³-hybridized carbons (Fsp3) is 0.727. The molecule has 14 heavy (non-hydrogen) atoms. The van der Waals surface area contributed by atoms with Crippen molar-refractivity contribution >= 4 is 5.97 Å². The maximum atomic E-state index is 10.8. The molecule has 0 aromatic carbocycles. The third-order valence-electron chi connectivity index (χ3n) is 2.35. The van der Waals surface area contributed by atoms with E-state index in [0.29, 0.717) is 12.5 Å². The van der Waals surface area contributed by atoms with E-state index in [0.717, 1.165) is 32.3 Å². The van der Waals surface area contributed by atoms with Crippen molar-refractivity contribution in [1.82, 2.24) is 0 Å². The standard InChI is InChI=1S/C11H18O3/c1-13-11(12)8-4-2-3-6-10-7-5-9-14-10/h5,7,10H,2-4,6,8-9H2,1H3. The second-order valence-electron chi connectivity index (χ2n) is 3.48. The van der Waals surface area contributed by atoms with Gasteiger partial charge in [-0.25, -0.2) is 0 Å². The SMILES string of the molecule is COC(=O)CCCCCC1C=CCO1. The number of unbranched alkanes of at least 4 members (excludes halogenated alkanes) is 2. The minimum absolute atomic E-state index is 0.109. The van der Waals surface area contributed by atoms with Crippen molar-refractivity contribution in [1.29, 1.82) is 0 Å². The highest BCUT2D eigenvalue weighted by Gasteiger charge is 2.08. The molecule has 1 heterocycles. The van der Waals surface area contributed by atoms with Crippen LogP contribution in [-0.2, 0) is 14.3 Å². The van der Waals surface area contributed by atoms with Gasteiger partial charge in [-0.3, -0.25) is 4.79 Å². The maximum Gasteiger partial charge on any atom is 0.305 e. The van der Waals surface area contributed by atoms with E-state index in [1.807, 2.05) is 0 Å². The number of hydrogen-bond donors (Lipinski definition) is 0. The molecule has 0 saturated carbocycles. The summed E-state index contributed by atoms with van der Waals surface area (Å²) in [6.45, 7) is 0.757. The Morgan fingerprint density at radius 2 is 2.36 bits per heavy atom. The highest BCUT2D eigenvalue weighted by Crippen LogP contribution is 2.13. The summed E-state index contributed by atoms with van der Waals surface area (Å²) in [5.41, 5.74) is 0. The summed E-state index contributed by atoms with van der Waals surface area (Å²) >= 11 is 0. The van der Waals surface area contributed by atoms with Crippen molar-refractivity contribution in [3.05, 3.63) is 12.2 Å². The highest BCUT2D eigenvalue weighted by atomic mass is 16.5. The largest absolute Gasteiger partial charge is 0.469 e. The molecule has 0 saturated heterocycles. The van der Waals surface area contributed by atoms with Crippen molar-refractivity contribution in [3.8, 4) is 0 Å². The zero-order valence-corrected chi connectivity index (χ0v) is 8.70. The number of ether oxygens (including phenoxy) is 2. The number of hydrogen-bond acceptors (Lipinski definition) is 3. The van der Waals surface area contributed by atoms with Gasteiger partial charge in [0.2, 0.25) is 0 Å². The Balaban J connectivity index is 1.89. The maximum absolute atomic E-state index is 10.8. The van der Waals surface area contributed by atoms with Crippen LogP contribution < -0.4 is 0 Å². The predicted octanol–water partition coefficient (Wildman–Crippen LogP) is 2.06. The van der Waals surface area contributed by atoms with E-state index in [1.165, 1.54) is 7.11 Å². The lowest BCUT2D eigenvalue weighted by atomic mass is 10.1. The van der Waals surface area contributed by atoms with Gasteiger partial charge in [-0.05, 0) is 12.8 Å². The average Bonchev–Trinajstić information content (AvgIpc) is 2.69. The Morgan fingerprint density at radius 3 is 3.00 bits per heavy atom. The van der Waals surface area contributed by atoms with Crippen LogP contribution in [0.4, 0.5) is 0 Å². The van der Waals surface area contributed by atoms with Crippen LogP contribution in [0, 0.1) is 0 Å². The molecule has 0 aromatic rings. The van der Waals surface area contributed by atoms with Gasteiger partial charge in [0.25, 0.3) is 0 Å². The van der Waals surface area contributed by atoms with Crippen molar-refractivity contribution in [2.45, 2.75) is 38.2 Å². The molecule has 1 rings (SSSR count). The Labute approximate surface area is 85.1 Å². The third kappa shape index (κ3) is 4.42. The van der Waals surface area contributed by atoms with Crippen LogP contribution >= 0.6 is 0 Å². The van der Waals surface area contributed by atoms with Crippen LogP contribution in [0.5, 0.6) is 0 Å². The molecule has 3 nitrogen and oxygen atoms in total. The van der Waals surface area contributed by atoms with Crippen LogP contribution in [0.1, 0.15) is 32.1 Å². The fourth-order valence-corrected chi connectivity index (χ4v) is 1.52. The van der Waals surface area contributed by atoms with Gasteiger partial charge in [-0.15, -0.1) is 0 Å². The van der Waals surface area contributed by atoms with E-state index in [9.17, 15) is 4.79 Å². The highest BCUT2D eigenvalue weighted by molar-refractivity contribution is 5.68. The molecule has 0 spiro atoms. The lowest BCUT2D eigenvalue weighted by Crippen LogP contribution is -2.04. The van der Waals surface area contributed by atoms with Gasteiger partial charge in [0.15, 0.2) is 0 Å². The van der Waals surface area contributed by atoms with E-state index >= 15 is 0 Å². The van der Waals surface area contributed by atoms with Crippen molar-refractivity contribution < 1.29 is 14.3 Å². The molecular weight excluding hydrogens is 180 g/mol. The van der Waals surface area contributed by atoms with Crippen molar-refractivity contribution in [2.75, 3.05) is 13.7 Å². The Kier molecular flexibility index (Phi) is 5.30. The number of rotatable bonds is 6. The molecule has 1 unspecified atom stereocenters. The minimum Gasteiger partial charge on any atom is -0.469 e. The number of esters is 1. The zero-order valence-electron chi connectivity index (χ0n) is 8.70. The van der Waals surface area contributed by atoms with Crippen LogP contribution in [0.25, 0.3) is 0 Å². The minimum atomic E-state index is -0.109. The Morgan fingerprint density at radius 1 is 1.50 bits per heavy atom. The molecule has 0 N–H and O–H groups in total. The molecule has 0 amide bonds. The number of methoxy groups -OCH3 is 1. The predicted molar refractivity (Wildman–Crippen MR) is 54.0 cm³/mol. The first-order valence-electron chi connectivity index (χ1n) is 5.18. The van der Waals surface area contributed by atoms with E-state index in [2.05, 4.69) is 16.9 Å². The summed E-state index contributed by atoms with van der Waals surface area (Å²) in [4.78, 5) is 10.8. The van der Waals surface area contributed by atoms with Crippen molar-refractivity contribution in [3.63, 3.8) is 0 Å². The second-order valence-corrected chi connectivity index (χ2v) is 3.48. The third-order valence-corrected chi connectivity index (χ3v) is 2.35. The lowest BCUT2D eigenvalue weighted by molar-refractivity contribution is -0.140. The molecule has 80 valence electrons. The second kappa shape index (κ2) is 6.60. The van der Waals surface area contributed by atoms with E-state index in [1.54, 1.807) is 0 Å². The van der Waals surface area contributed by atoms with Crippen molar-refractivity contribution in [2.24, 2.45) is 0 Å².